The molecule has 0 aliphatic heterocycles. The summed E-state index contributed by atoms with van der Waals surface area (Å²) < 4.78 is 1.93. The van der Waals surface area contributed by atoms with Gasteiger partial charge in [-0.1, -0.05) is 19.3 Å². The molecular formula is C14H23N3O. The Morgan fingerprint density at radius 1 is 1.39 bits per heavy atom. The van der Waals surface area contributed by atoms with Crippen molar-refractivity contribution in [1.29, 1.82) is 0 Å². The summed E-state index contributed by atoms with van der Waals surface area (Å²) in [5.41, 5.74) is -0.260. The van der Waals surface area contributed by atoms with E-state index in [1.54, 1.807) is 6.20 Å². The summed E-state index contributed by atoms with van der Waals surface area (Å²) in [6, 6.07) is 0. The van der Waals surface area contributed by atoms with Crippen LogP contribution in [0.5, 0.6) is 0 Å². The highest BCUT2D eigenvalue weighted by Crippen LogP contribution is 2.33. The largest absolute Gasteiger partial charge is 0.338 e. The third-order valence-electron chi connectivity index (χ3n) is 4.30. The van der Waals surface area contributed by atoms with Gasteiger partial charge in [-0.05, 0) is 26.9 Å². The summed E-state index contributed by atoms with van der Waals surface area (Å²) in [5, 5.41) is 0. The van der Waals surface area contributed by atoms with E-state index in [2.05, 4.69) is 9.88 Å². The van der Waals surface area contributed by atoms with Crippen LogP contribution in [-0.2, 0) is 18.3 Å². The van der Waals surface area contributed by atoms with Gasteiger partial charge < -0.3 is 4.57 Å². The molecule has 0 aromatic carbocycles. The second-order valence-corrected chi connectivity index (χ2v) is 5.54. The standard InChI is InChI=1S/C14H23N3O/c1-16(2)14(7-5-4-6-8-14)12(18)11-13-15-9-10-17(13)3/h9-10H,4-8,11H2,1-3H3. The van der Waals surface area contributed by atoms with Crippen LogP contribution in [0.25, 0.3) is 0 Å². The summed E-state index contributed by atoms with van der Waals surface area (Å²) in [4.78, 5) is 19.1. The summed E-state index contributed by atoms with van der Waals surface area (Å²) in [6.07, 6.45) is 9.64. The molecule has 100 valence electrons. The van der Waals surface area contributed by atoms with Crippen LogP contribution in [0.1, 0.15) is 37.9 Å². The van der Waals surface area contributed by atoms with Gasteiger partial charge in [-0.25, -0.2) is 4.98 Å². The van der Waals surface area contributed by atoms with Gasteiger partial charge in [0.2, 0.25) is 0 Å². The lowest BCUT2D eigenvalue weighted by Gasteiger charge is -2.41. The number of hydrogen-bond acceptors (Lipinski definition) is 3. The minimum Gasteiger partial charge on any atom is -0.338 e. The fourth-order valence-electron chi connectivity index (χ4n) is 2.99. The van der Waals surface area contributed by atoms with Crippen molar-refractivity contribution in [2.24, 2.45) is 7.05 Å². The van der Waals surface area contributed by atoms with Crippen molar-refractivity contribution in [3.63, 3.8) is 0 Å². The van der Waals surface area contributed by atoms with E-state index in [9.17, 15) is 4.79 Å². The molecule has 1 saturated carbocycles. The van der Waals surface area contributed by atoms with Gasteiger partial charge in [0.05, 0.1) is 12.0 Å². The molecule has 4 nitrogen and oxygen atoms in total. The zero-order valence-corrected chi connectivity index (χ0v) is 11.6. The van der Waals surface area contributed by atoms with E-state index in [0.29, 0.717) is 12.2 Å². The summed E-state index contributed by atoms with van der Waals surface area (Å²) >= 11 is 0. The highest BCUT2D eigenvalue weighted by molar-refractivity contribution is 5.89. The van der Waals surface area contributed by atoms with Crippen LogP contribution in [0, 0.1) is 0 Å². The number of nitrogens with zero attached hydrogens (tertiary/aromatic N) is 3. The van der Waals surface area contributed by atoms with Crippen LogP contribution in [0.15, 0.2) is 12.4 Å². The molecular weight excluding hydrogens is 226 g/mol. The van der Waals surface area contributed by atoms with E-state index >= 15 is 0 Å². The number of hydrogen-bond donors (Lipinski definition) is 0. The molecule has 18 heavy (non-hydrogen) atoms. The average Bonchev–Trinajstić information content (AvgIpc) is 2.75. The first-order valence-electron chi connectivity index (χ1n) is 6.73. The Morgan fingerprint density at radius 2 is 2.06 bits per heavy atom. The van der Waals surface area contributed by atoms with Gasteiger partial charge in [0.15, 0.2) is 5.78 Å². The molecule has 0 spiro atoms. The third kappa shape index (κ3) is 2.34. The van der Waals surface area contributed by atoms with Crippen LogP contribution >= 0.6 is 0 Å². The van der Waals surface area contributed by atoms with E-state index in [1.165, 1.54) is 6.42 Å². The topological polar surface area (TPSA) is 38.1 Å². The molecule has 2 rings (SSSR count). The van der Waals surface area contributed by atoms with Gasteiger partial charge in [-0.3, -0.25) is 9.69 Å². The molecule has 1 aromatic heterocycles. The van der Waals surface area contributed by atoms with Gasteiger partial charge in [-0.15, -0.1) is 0 Å². The van der Waals surface area contributed by atoms with Crippen LogP contribution < -0.4 is 0 Å². The quantitative estimate of drug-likeness (QED) is 0.816. The maximum absolute atomic E-state index is 12.7. The van der Waals surface area contributed by atoms with Crippen molar-refractivity contribution in [3.8, 4) is 0 Å². The molecule has 1 fully saturated rings. The fourth-order valence-corrected chi connectivity index (χ4v) is 2.99. The first-order valence-corrected chi connectivity index (χ1v) is 6.73. The molecule has 0 saturated heterocycles. The molecule has 0 amide bonds. The van der Waals surface area contributed by atoms with E-state index in [0.717, 1.165) is 31.5 Å². The molecule has 0 radical (unpaired) electrons. The van der Waals surface area contributed by atoms with Gasteiger partial charge in [0.1, 0.15) is 5.82 Å². The maximum atomic E-state index is 12.7. The summed E-state index contributed by atoms with van der Waals surface area (Å²) in [5.74, 6) is 1.19. The van der Waals surface area contributed by atoms with E-state index < -0.39 is 0 Å². The number of rotatable bonds is 4. The lowest BCUT2D eigenvalue weighted by atomic mass is 9.76. The fraction of sp³-hybridized carbons (Fsp3) is 0.714. The number of imidazole rings is 1. The Kier molecular flexibility index (Phi) is 3.85. The van der Waals surface area contributed by atoms with Gasteiger partial charge in [-0.2, -0.15) is 0 Å². The lowest BCUT2D eigenvalue weighted by molar-refractivity contribution is -0.131. The Labute approximate surface area is 109 Å². The van der Waals surface area contributed by atoms with Crippen molar-refractivity contribution < 1.29 is 4.79 Å². The maximum Gasteiger partial charge on any atom is 0.160 e. The van der Waals surface area contributed by atoms with Crippen LogP contribution in [0.2, 0.25) is 0 Å². The number of ketones is 1. The highest BCUT2D eigenvalue weighted by Gasteiger charge is 2.41. The van der Waals surface area contributed by atoms with E-state index in [4.69, 9.17) is 0 Å². The average molecular weight is 249 g/mol. The minimum absolute atomic E-state index is 0.260. The Bertz CT molecular complexity index is 416. The molecule has 0 atom stereocenters. The highest BCUT2D eigenvalue weighted by atomic mass is 16.1. The molecule has 1 heterocycles. The zero-order valence-electron chi connectivity index (χ0n) is 11.6. The number of carbonyl (C=O) groups excluding carboxylic acids is 1. The van der Waals surface area contributed by atoms with E-state index in [1.807, 2.05) is 31.9 Å². The van der Waals surface area contributed by atoms with Crippen LogP contribution in [0.3, 0.4) is 0 Å². The van der Waals surface area contributed by atoms with Crippen molar-refractivity contribution in [1.82, 2.24) is 14.5 Å². The second kappa shape index (κ2) is 5.22. The minimum atomic E-state index is -0.260. The van der Waals surface area contributed by atoms with Gasteiger partial charge >= 0.3 is 0 Å². The molecule has 0 unspecified atom stereocenters. The summed E-state index contributed by atoms with van der Waals surface area (Å²) in [7, 11) is 6.00. The normalized spacial score (nSPS) is 19.1. The monoisotopic (exact) mass is 249 g/mol. The smallest absolute Gasteiger partial charge is 0.160 e. The van der Waals surface area contributed by atoms with Gasteiger partial charge in [0, 0.05) is 19.4 Å². The second-order valence-electron chi connectivity index (χ2n) is 5.54. The number of aryl methyl sites for hydroxylation is 1. The Balaban J connectivity index is 2.16. The lowest BCUT2D eigenvalue weighted by Crippen LogP contribution is -2.53. The zero-order chi connectivity index (χ0) is 13.2. The molecule has 0 bridgehead atoms. The van der Waals surface area contributed by atoms with Crippen molar-refractivity contribution in [2.75, 3.05) is 14.1 Å². The van der Waals surface area contributed by atoms with Gasteiger partial charge in [0.25, 0.3) is 0 Å². The van der Waals surface area contributed by atoms with Crippen LogP contribution in [-0.4, -0.2) is 39.9 Å². The molecule has 1 aliphatic rings. The first kappa shape index (κ1) is 13.3. The SMILES string of the molecule is CN(C)C1(C(=O)Cc2nccn2C)CCCCC1. The third-order valence-corrected chi connectivity index (χ3v) is 4.30. The molecule has 4 heteroatoms. The molecule has 0 N–H and O–H groups in total. The predicted molar refractivity (Wildman–Crippen MR) is 71.4 cm³/mol. The van der Waals surface area contributed by atoms with E-state index in [-0.39, 0.29) is 5.54 Å². The number of likely N-dealkylation sites (N-methyl/N-ethyl adjacent to an activating group) is 1. The first-order chi connectivity index (χ1) is 8.56. The molecule has 1 aliphatic carbocycles. The predicted octanol–water partition coefficient (Wildman–Crippen LogP) is 1.80. The summed E-state index contributed by atoms with van der Waals surface area (Å²) in [6.45, 7) is 0. The Hall–Kier alpha value is -1.16. The number of Topliss-reactive ketones (excluding diaryl/α,β-unsaturated/α-hetero) is 1. The molecule has 1 aromatic rings. The number of carbonyl (C=O) groups is 1. The Morgan fingerprint density at radius 3 is 2.56 bits per heavy atom. The van der Waals surface area contributed by atoms with Crippen molar-refractivity contribution in [2.45, 2.75) is 44.1 Å². The van der Waals surface area contributed by atoms with Crippen molar-refractivity contribution in [3.05, 3.63) is 18.2 Å². The number of aromatic nitrogens is 2. The van der Waals surface area contributed by atoms with Crippen LogP contribution in [0.4, 0.5) is 0 Å². The van der Waals surface area contributed by atoms with Crippen molar-refractivity contribution >= 4 is 5.78 Å².